The molecule has 2 fully saturated rings. The molecule has 1 atom stereocenters. The molecule has 21 heavy (non-hydrogen) atoms. The van der Waals surface area contributed by atoms with E-state index in [0.29, 0.717) is 12.0 Å². The van der Waals surface area contributed by atoms with Gasteiger partial charge in [0.15, 0.2) is 0 Å². The van der Waals surface area contributed by atoms with Crippen molar-refractivity contribution in [3.8, 4) is 6.07 Å². The van der Waals surface area contributed by atoms with Gasteiger partial charge in [-0.25, -0.2) is 0 Å². The molecule has 0 radical (unpaired) electrons. The van der Waals surface area contributed by atoms with Crippen LogP contribution >= 0.6 is 0 Å². The van der Waals surface area contributed by atoms with Gasteiger partial charge in [0.2, 0.25) is 0 Å². The molecule has 3 heteroatoms. The summed E-state index contributed by atoms with van der Waals surface area (Å²) in [5.74, 6) is 0.714. The highest BCUT2D eigenvalue weighted by Gasteiger charge is 2.32. The van der Waals surface area contributed by atoms with Gasteiger partial charge in [0, 0.05) is 32.2 Å². The average Bonchev–Trinajstić information content (AvgIpc) is 2.58. The zero-order valence-corrected chi connectivity index (χ0v) is 12.7. The quantitative estimate of drug-likeness (QED) is 0.926. The third kappa shape index (κ3) is 3.28. The number of hydrogen-bond donors (Lipinski definition) is 1. The molecule has 3 nitrogen and oxygen atoms in total. The van der Waals surface area contributed by atoms with Crippen LogP contribution in [0, 0.1) is 17.2 Å². The van der Waals surface area contributed by atoms with Gasteiger partial charge in [0.1, 0.15) is 0 Å². The molecule has 0 aromatic heterocycles. The fourth-order valence-corrected chi connectivity index (χ4v) is 4.02. The summed E-state index contributed by atoms with van der Waals surface area (Å²) in [6, 6.07) is 11.1. The first-order chi connectivity index (χ1) is 10.4. The number of nitriles is 1. The van der Waals surface area contributed by atoms with E-state index in [1.54, 1.807) is 0 Å². The molecule has 1 N–H and O–H groups in total. The summed E-state index contributed by atoms with van der Waals surface area (Å²) in [6.45, 7) is 4.33. The molecule has 3 rings (SSSR count). The highest BCUT2D eigenvalue weighted by molar-refractivity contribution is 5.40. The predicted octanol–water partition coefficient (Wildman–Crippen LogP) is 3.08. The van der Waals surface area contributed by atoms with Crippen molar-refractivity contribution in [3.63, 3.8) is 0 Å². The maximum Gasteiger partial charge on any atom is 0.0995 e. The van der Waals surface area contributed by atoms with E-state index in [9.17, 15) is 5.26 Å². The Hall–Kier alpha value is -1.37. The number of hydrogen-bond acceptors (Lipinski definition) is 3. The van der Waals surface area contributed by atoms with Crippen molar-refractivity contribution in [1.29, 1.82) is 5.26 Å². The Morgan fingerprint density at radius 2 is 1.81 bits per heavy atom. The number of piperazine rings is 1. The van der Waals surface area contributed by atoms with E-state index < -0.39 is 0 Å². The lowest BCUT2D eigenvalue weighted by atomic mass is 9.79. The summed E-state index contributed by atoms with van der Waals surface area (Å²) >= 11 is 0. The van der Waals surface area contributed by atoms with Crippen LogP contribution in [-0.4, -0.2) is 31.1 Å². The molecule has 1 aromatic carbocycles. The molecule has 0 spiro atoms. The van der Waals surface area contributed by atoms with Crippen LogP contribution in [0.25, 0.3) is 0 Å². The van der Waals surface area contributed by atoms with E-state index in [4.69, 9.17) is 0 Å². The largest absolute Gasteiger partial charge is 0.314 e. The Kier molecular flexibility index (Phi) is 4.90. The van der Waals surface area contributed by atoms with Crippen molar-refractivity contribution >= 4 is 0 Å². The molecule has 0 bridgehead atoms. The van der Waals surface area contributed by atoms with E-state index in [-0.39, 0.29) is 0 Å². The first-order valence-corrected chi connectivity index (χ1v) is 8.34. The van der Waals surface area contributed by atoms with Crippen LogP contribution in [0.5, 0.6) is 0 Å². The van der Waals surface area contributed by atoms with E-state index in [1.807, 2.05) is 12.1 Å². The third-order valence-electron chi connectivity index (χ3n) is 5.04. The maximum absolute atomic E-state index is 9.48. The van der Waals surface area contributed by atoms with E-state index in [2.05, 4.69) is 28.4 Å². The molecule has 1 aliphatic heterocycles. The van der Waals surface area contributed by atoms with Crippen LogP contribution < -0.4 is 5.32 Å². The second kappa shape index (κ2) is 7.06. The second-order valence-corrected chi connectivity index (χ2v) is 6.33. The Labute approximate surface area is 128 Å². The van der Waals surface area contributed by atoms with Gasteiger partial charge in [0.05, 0.1) is 11.6 Å². The van der Waals surface area contributed by atoms with Gasteiger partial charge in [-0.3, -0.25) is 4.90 Å². The highest BCUT2D eigenvalue weighted by atomic mass is 15.2. The van der Waals surface area contributed by atoms with Crippen LogP contribution in [0.4, 0.5) is 0 Å². The van der Waals surface area contributed by atoms with Crippen LogP contribution in [0.3, 0.4) is 0 Å². The van der Waals surface area contributed by atoms with Gasteiger partial charge >= 0.3 is 0 Å². The predicted molar refractivity (Wildman–Crippen MR) is 84.9 cm³/mol. The summed E-state index contributed by atoms with van der Waals surface area (Å²) < 4.78 is 0. The standard InChI is InChI=1S/C18H25N3/c19-14-16-8-4-5-9-17(16)18(15-6-2-1-3-7-15)21-12-10-20-11-13-21/h4-5,8-9,15,18,20H,1-3,6-7,10-13H2/t18-/m1/s1. The molecule has 1 saturated heterocycles. The molecule has 112 valence electrons. The number of nitrogens with one attached hydrogen (secondary N) is 1. The summed E-state index contributed by atoms with van der Waals surface area (Å²) in [5, 5.41) is 12.9. The fourth-order valence-electron chi connectivity index (χ4n) is 4.02. The Balaban J connectivity index is 1.92. The topological polar surface area (TPSA) is 39.1 Å². The summed E-state index contributed by atoms with van der Waals surface area (Å²) in [4.78, 5) is 2.61. The Morgan fingerprint density at radius 1 is 1.10 bits per heavy atom. The lowest BCUT2D eigenvalue weighted by molar-refractivity contribution is 0.103. The van der Waals surface area contributed by atoms with Gasteiger partial charge in [-0.15, -0.1) is 0 Å². The summed E-state index contributed by atoms with van der Waals surface area (Å²) in [5.41, 5.74) is 2.13. The SMILES string of the molecule is N#Cc1ccccc1[C@@H](C1CCCCC1)N1CCNCC1. The zero-order chi connectivity index (χ0) is 14.5. The van der Waals surface area contributed by atoms with Gasteiger partial charge in [-0.2, -0.15) is 5.26 Å². The molecule has 0 amide bonds. The highest BCUT2D eigenvalue weighted by Crippen LogP contribution is 2.39. The smallest absolute Gasteiger partial charge is 0.0995 e. The van der Waals surface area contributed by atoms with Crippen molar-refractivity contribution in [2.75, 3.05) is 26.2 Å². The molecular weight excluding hydrogens is 258 g/mol. The minimum Gasteiger partial charge on any atom is -0.314 e. The maximum atomic E-state index is 9.48. The van der Waals surface area contributed by atoms with Crippen LogP contribution in [-0.2, 0) is 0 Å². The Morgan fingerprint density at radius 3 is 2.52 bits per heavy atom. The van der Waals surface area contributed by atoms with Crippen LogP contribution in [0.15, 0.2) is 24.3 Å². The minimum atomic E-state index is 0.434. The van der Waals surface area contributed by atoms with E-state index in [1.165, 1.54) is 37.7 Å². The molecular formula is C18H25N3. The Bertz CT molecular complexity index is 475. The third-order valence-corrected chi connectivity index (χ3v) is 5.04. The van der Waals surface area contributed by atoms with Gasteiger partial charge in [-0.1, -0.05) is 37.5 Å². The zero-order valence-electron chi connectivity index (χ0n) is 12.7. The van der Waals surface area contributed by atoms with Gasteiger partial charge < -0.3 is 5.32 Å². The first-order valence-electron chi connectivity index (χ1n) is 8.34. The van der Waals surface area contributed by atoms with Crippen molar-refractivity contribution in [2.45, 2.75) is 38.1 Å². The average molecular weight is 283 g/mol. The number of nitrogens with zero attached hydrogens (tertiary/aromatic N) is 2. The minimum absolute atomic E-state index is 0.434. The monoisotopic (exact) mass is 283 g/mol. The van der Waals surface area contributed by atoms with Crippen molar-refractivity contribution in [3.05, 3.63) is 35.4 Å². The molecule has 1 heterocycles. The van der Waals surface area contributed by atoms with Gasteiger partial charge in [-0.05, 0) is 30.4 Å². The van der Waals surface area contributed by atoms with Crippen molar-refractivity contribution < 1.29 is 0 Å². The van der Waals surface area contributed by atoms with Crippen LogP contribution in [0.1, 0.15) is 49.3 Å². The van der Waals surface area contributed by atoms with E-state index >= 15 is 0 Å². The van der Waals surface area contributed by atoms with E-state index in [0.717, 1.165) is 31.7 Å². The molecule has 1 aromatic rings. The summed E-state index contributed by atoms with van der Waals surface area (Å²) in [6.07, 6.45) is 6.71. The molecule has 2 aliphatic rings. The van der Waals surface area contributed by atoms with Crippen molar-refractivity contribution in [2.24, 2.45) is 5.92 Å². The molecule has 0 unspecified atom stereocenters. The van der Waals surface area contributed by atoms with Gasteiger partial charge in [0.25, 0.3) is 0 Å². The fraction of sp³-hybridized carbons (Fsp3) is 0.611. The lowest BCUT2D eigenvalue weighted by Gasteiger charge is -2.41. The normalized spacial score (nSPS) is 22.6. The molecule has 1 saturated carbocycles. The number of rotatable bonds is 3. The summed E-state index contributed by atoms with van der Waals surface area (Å²) in [7, 11) is 0. The number of benzene rings is 1. The van der Waals surface area contributed by atoms with Crippen molar-refractivity contribution in [1.82, 2.24) is 10.2 Å². The molecule has 1 aliphatic carbocycles. The first kappa shape index (κ1) is 14.6. The second-order valence-electron chi connectivity index (χ2n) is 6.33. The van der Waals surface area contributed by atoms with Crippen LogP contribution in [0.2, 0.25) is 0 Å². The lowest BCUT2D eigenvalue weighted by Crippen LogP contribution is -2.47.